The molecule has 0 spiro atoms. The highest BCUT2D eigenvalue weighted by Gasteiger charge is 2.41. The Morgan fingerprint density at radius 2 is 1.11 bits per heavy atom. The Hall–Kier alpha value is -0.120. The maximum atomic E-state index is 5.98. The van der Waals surface area contributed by atoms with E-state index in [1.54, 1.807) is 6.42 Å². The largest absolute Gasteiger partial charge is 0.381 e. The Kier molecular flexibility index (Phi) is 24.4. The van der Waals surface area contributed by atoms with Crippen LogP contribution in [0.15, 0.2) is 0 Å². The molecule has 0 aromatic heterocycles. The average molecular weight is 649 g/mol. The molecule has 2 rings (SSSR count). The highest BCUT2D eigenvalue weighted by Crippen LogP contribution is 2.51. The second kappa shape index (κ2) is 26.7. The highest BCUT2D eigenvalue weighted by atomic mass is 16.5. The first-order valence-electron chi connectivity index (χ1n) is 21.0. The lowest BCUT2D eigenvalue weighted by atomic mass is 9.87. The molecule has 46 heavy (non-hydrogen) atoms. The van der Waals surface area contributed by atoms with Crippen LogP contribution in [0, 0.1) is 53.3 Å². The van der Waals surface area contributed by atoms with Gasteiger partial charge in [-0.05, 0) is 117 Å². The Bertz CT molecular complexity index is 679. The summed E-state index contributed by atoms with van der Waals surface area (Å²) >= 11 is 0. The minimum Gasteiger partial charge on any atom is -0.381 e. The van der Waals surface area contributed by atoms with Crippen molar-refractivity contribution in [3.63, 3.8) is 0 Å². The van der Waals surface area contributed by atoms with Gasteiger partial charge < -0.3 is 14.2 Å². The molecule has 2 saturated carbocycles. The van der Waals surface area contributed by atoms with Crippen molar-refractivity contribution >= 4 is 0 Å². The van der Waals surface area contributed by atoms with Crippen molar-refractivity contribution in [3.8, 4) is 0 Å². The van der Waals surface area contributed by atoms with Gasteiger partial charge in [-0.15, -0.1) is 0 Å². The van der Waals surface area contributed by atoms with E-state index in [4.69, 9.17) is 14.2 Å². The number of hydrogen-bond donors (Lipinski definition) is 0. The second-order valence-electron chi connectivity index (χ2n) is 17.1. The van der Waals surface area contributed by atoms with Crippen LogP contribution in [0.2, 0.25) is 0 Å². The summed E-state index contributed by atoms with van der Waals surface area (Å²) < 4.78 is 17.7. The van der Waals surface area contributed by atoms with E-state index < -0.39 is 0 Å². The van der Waals surface area contributed by atoms with Crippen LogP contribution in [-0.4, -0.2) is 39.6 Å². The molecule has 8 atom stereocenters. The summed E-state index contributed by atoms with van der Waals surface area (Å²) in [7, 11) is 0. The van der Waals surface area contributed by atoms with Gasteiger partial charge in [0.05, 0.1) is 13.2 Å². The lowest BCUT2D eigenvalue weighted by Crippen LogP contribution is -2.11. The summed E-state index contributed by atoms with van der Waals surface area (Å²) in [5, 5.41) is 0. The maximum Gasteiger partial charge on any atom is 0.0700 e. The third kappa shape index (κ3) is 19.8. The molecule has 3 nitrogen and oxygen atoms in total. The van der Waals surface area contributed by atoms with Gasteiger partial charge in [0.1, 0.15) is 0 Å². The van der Waals surface area contributed by atoms with Crippen LogP contribution >= 0.6 is 0 Å². The van der Waals surface area contributed by atoms with Gasteiger partial charge in [-0.25, -0.2) is 0 Å². The molecule has 0 aromatic rings. The first kappa shape index (κ1) is 42.0. The van der Waals surface area contributed by atoms with Crippen molar-refractivity contribution in [2.24, 2.45) is 53.3 Å². The lowest BCUT2D eigenvalue weighted by Gasteiger charge is -2.19. The highest BCUT2D eigenvalue weighted by molar-refractivity contribution is 4.91. The van der Waals surface area contributed by atoms with E-state index in [1.807, 2.05) is 0 Å². The Morgan fingerprint density at radius 1 is 0.543 bits per heavy atom. The number of rotatable bonds is 31. The summed E-state index contributed by atoms with van der Waals surface area (Å²) in [5.41, 5.74) is 0. The van der Waals surface area contributed by atoms with Crippen LogP contribution in [0.4, 0.5) is 0 Å². The van der Waals surface area contributed by atoms with Crippen molar-refractivity contribution in [2.75, 3.05) is 39.6 Å². The van der Waals surface area contributed by atoms with Gasteiger partial charge in [-0.1, -0.05) is 119 Å². The molecule has 2 fully saturated rings. The van der Waals surface area contributed by atoms with E-state index in [9.17, 15) is 0 Å². The first-order chi connectivity index (χ1) is 22.3. The Balaban J connectivity index is 1.26. The molecular weight excluding hydrogens is 564 g/mol. The van der Waals surface area contributed by atoms with Crippen LogP contribution in [0.3, 0.4) is 0 Å². The lowest BCUT2D eigenvalue weighted by molar-refractivity contribution is 0.0324. The van der Waals surface area contributed by atoms with Gasteiger partial charge in [0.25, 0.3) is 0 Å². The fraction of sp³-hybridized carbons (Fsp3) is 1.00. The normalized spacial score (nSPS) is 24.0. The minimum atomic E-state index is 0.664. The predicted molar refractivity (Wildman–Crippen MR) is 201 cm³/mol. The van der Waals surface area contributed by atoms with Crippen molar-refractivity contribution in [2.45, 2.75) is 183 Å². The van der Waals surface area contributed by atoms with Crippen molar-refractivity contribution in [3.05, 3.63) is 0 Å². The summed E-state index contributed by atoms with van der Waals surface area (Å²) in [5.74, 6) is 8.34. The molecule has 0 N–H and O–H groups in total. The third-order valence-corrected chi connectivity index (χ3v) is 12.2. The van der Waals surface area contributed by atoms with Gasteiger partial charge in [0.2, 0.25) is 0 Å². The molecule has 0 saturated heterocycles. The van der Waals surface area contributed by atoms with Crippen LogP contribution in [0.25, 0.3) is 0 Å². The maximum absolute atomic E-state index is 5.98. The molecule has 0 aliphatic heterocycles. The summed E-state index contributed by atoms with van der Waals surface area (Å²) in [6, 6.07) is 0. The van der Waals surface area contributed by atoms with Gasteiger partial charge in [-0.2, -0.15) is 0 Å². The fourth-order valence-corrected chi connectivity index (χ4v) is 9.08. The van der Waals surface area contributed by atoms with Gasteiger partial charge in [0, 0.05) is 26.4 Å². The van der Waals surface area contributed by atoms with E-state index >= 15 is 0 Å². The smallest absolute Gasteiger partial charge is 0.0700 e. The molecule has 2 aliphatic carbocycles. The summed E-state index contributed by atoms with van der Waals surface area (Å²) in [6.07, 6.45) is 29.0. The van der Waals surface area contributed by atoms with Crippen LogP contribution in [0.1, 0.15) is 183 Å². The number of unbranched alkanes of at least 4 members (excludes halogenated alkanes) is 4. The molecule has 3 heteroatoms. The van der Waals surface area contributed by atoms with Crippen LogP contribution in [-0.2, 0) is 14.2 Å². The second-order valence-corrected chi connectivity index (χ2v) is 17.1. The zero-order valence-electron chi connectivity index (χ0n) is 32.5. The summed E-state index contributed by atoms with van der Waals surface area (Å²) in [6.45, 7) is 21.9. The molecule has 4 unspecified atom stereocenters. The van der Waals surface area contributed by atoms with E-state index in [0.29, 0.717) is 5.92 Å². The molecule has 0 radical (unpaired) electrons. The molecule has 0 amide bonds. The topological polar surface area (TPSA) is 27.7 Å². The fourth-order valence-electron chi connectivity index (χ4n) is 9.08. The first-order valence-corrected chi connectivity index (χ1v) is 21.0. The third-order valence-electron chi connectivity index (χ3n) is 12.2. The molecule has 274 valence electrons. The van der Waals surface area contributed by atoms with Crippen molar-refractivity contribution in [1.29, 1.82) is 0 Å². The molecule has 0 aromatic carbocycles. The number of hydrogen-bond acceptors (Lipinski definition) is 3. The van der Waals surface area contributed by atoms with Gasteiger partial charge >= 0.3 is 0 Å². The molecule has 0 bridgehead atoms. The molecular formula is C43H84O3. The Morgan fingerprint density at radius 3 is 1.80 bits per heavy atom. The predicted octanol–water partition coefficient (Wildman–Crippen LogP) is 12.9. The number of ether oxygens (including phenoxy) is 3. The zero-order valence-corrected chi connectivity index (χ0v) is 32.5. The van der Waals surface area contributed by atoms with Crippen LogP contribution in [0.5, 0.6) is 0 Å². The molecule has 2 aliphatic rings. The standard InChI is InChI=1S/C43H84O3/c1-8-40(35(2)3)23-11-9-10-20-38(6)34-46-31-30-45-29-17-22-37(5)19-14-15-27-44-28-16-21-36(4)18-12-13-24-41-25-26-42-32-39(7)33-43(41)42/h35-43H,8-34H2,1-7H3/t36?,37?,38?,39?,40-,41-,42-,43-/m1/s1. The summed E-state index contributed by atoms with van der Waals surface area (Å²) in [4.78, 5) is 0. The van der Waals surface area contributed by atoms with E-state index in [-0.39, 0.29) is 0 Å². The van der Waals surface area contributed by atoms with Gasteiger partial charge in [0.15, 0.2) is 0 Å². The average Bonchev–Trinajstić information content (AvgIpc) is 3.58. The zero-order chi connectivity index (χ0) is 33.4. The van der Waals surface area contributed by atoms with Gasteiger partial charge in [-0.3, -0.25) is 0 Å². The Labute approximate surface area is 289 Å². The monoisotopic (exact) mass is 649 g/mol. The van der Waals surface area contributed by atoms with E-state index in [1.165, 1.54) is 128 Å². The van der Waals surface area contributed by atoms with E-state index in [0.717, 1.165) is 87.0 Å². The van der Waals surface area contributed by atoms with Crippen LogP contribution < -0.4 is 0 Å². The van der Waals surface area contributed by atoms with E-state index in [2.05, 4.69) is 48.5 Å². The number of fused-ring (bicyclic) bond motifs is 1. The minimum absolute atomic E-state index is 0.664. The van der Waals surface area contributed by atoms with Crippen molar-refractivity contribution in [1.82, 2.24) is 0 Å². The molecule has 0 heterocycles. The van der Waals surface area contributed by atoms with Crippen molar-refractivity contribution < 1.29 is 14.2 Å². The quantitative estimate of drug-likeness (QED) is 0.0700. The SMILES string of the molecule is CC[C@H](CCCCCC(C)COCCOCCCC(C)CCCCOCCCC(C)CCCC[C@@H]1CC[C@@H]2CC(C)C[C@H]12)C(C)C.